The summed E-state index contributed by atoms with van der Waals surface area (Å²) in [6, 6.07) is 3.04. The molecule has 2 aromatic rings. The predicted octanol–water partition coefficient (Wildman–Crippen LogP) is 3.86. The molecule has 2 saturated heterocycles. The van der Waals surface area contributed by atoms with Gasteiger partial charge < -0.3 is 15.2 Å². The van der Waals surface area contributed by atoms with Crippen LogP contribution in [-0.2, 0) is 35.4 Å². The molecule has 0 spiro atoms. The maximum atomic E-state index is 13.5. The zero-order valence-corrected chi connectivity index (χ0v) is 17.6. The smallest absolute Gasteiger partial charge is 0.390 e. The summed E-state index contributed by atoms with van der Waals surface area (Å²) in [6.45, 7) is 1.43. The predicted molar refractivity (Wildman–Crippen MR) is 103 cm³/mol. The summed E-state index contributed by atoms with van der Waals surface area (Å²) in [5, 5.41) is 16.0. The van der Waals surface area contributed by atoms with Gasteiger partial charge in [-0.25, -0.2) is 0 Å². The number of hydrogen-bond donors (Lipinski definition) is 2. The number of nitrogens with zero attached hydrogens (tertiary/aromatic N) is 2. The molecule has 0 saturated carbocycles. The zero-order chi connectivity index (χ0) is 24.3. The highest BCUT2D eigenvalue weighted by Crippen LogP contribution is 2.51. The second kappa shape index (κ2) is 7.73. The Morgan fingerprint density at radius 3 is 2.48 bits per heavy atom. The molecule has 2 bridgehead atoms. The van der Waals surface area contributed by atoms with Crippen LogP contribution in [0.2, 0.25) is 0 Å². The number of anilines is 1. The van der Waals surface area contributed by atoms with Gasteiger partial charge >= 0.3 is 12.4 Å². The normalized spacial score (nSPS) is 27.2. The van der Waals surface area contributed by atoms with Gasteiger partial charge in [0.05, 0.1) is 29.3 Å². The Morgan fingerprint density at radius 1 is 1.24 bits per heavy atom. The Labute approximate surface area is 184 Å². The average Bonchev–Trinajstić information content (AvgIpc) is 3.33. The van der Waals surface area contributed by atoms with Crippen LogP contribution in [0.4, 0.5) is 32.0 Å². The summed E-state index contributed by atoms with van der Waals surface area (Å²) in [7, 11) is 1.32. The topological polar surface area (TPSA) is 76.4 Å². The third-order valence-electron chi connectivity index (χ3n) is 6.20. The van der Waals surface area contributed by atoms with E-state index in [0.717, 1.165) is 23.0 Å². The van der Waals surface area contributed by atoms with E-state index >= 15 is 0 Å². The van der Waals surface area contributed by atoms with Gasteiger partial charge in [0.2, 0.25) is 5.91 Å². The highest BCUT2D eigenvalue weighted by atomic mass is 19.4. The minimum Gasteiger partial charge on any atom is -0.390 e. The number of amides is 1. The van der Waals surface area contributed by atoms with E-state index in [9.17, 15) is 36.2 Å². The van der Waals surface area contributed by atoms with Crippen LogP contribution in [0.3, 0.4) is 0 Å². The van der Waals surface area contributed by atoms with Crippen molar-refractivity contribution in [2.45, 2.75) is 56.9 Å². The van der Waals surface area contributed by atoms with E-state index in [1.807, 2.05) is 0 Å². The maximum Gasteiger partial charge on any atom is 0.435 e. The Balaban J connectivity index is 1.70. The molecule has 4 rings (SSSR count). The van der Waals surface area contributed by atoms with Gasteiger partial charge in [0.25, 0.3) is 0 Å². The van der Waals surface area contributed by atoms with Gasteiger partial charge in [-0.1, -0.05) is 0 Å². The van der Waals surface area contributed by atoms with Crippen molar-refractivity contribution in [3.05, 3.63) is 46.8 Å². The van der Waals surface area contributed by atoms with Crippen molar-refractivity contribution >= 4 is 11.6 Å². The first-order chi connectivity index (χ1) is 15.2. The third kappa shape index (κ3) is 4.33. The van der Waals surface area contributed by atoms with Crippen LogP contribution in [0.1, 0.15) is 35.2 Å². The number of aliphatic hydroxyl groups excluding tert-OH is 1. The molecule has 2 N–H and O–H groups in total. The number of halogens is 6. The van der Waals surface area contributed by atoms with E-state index in [2.05, 4.69) is 10.4 Å². The summed E-state index contributed by atoms with van der Waals surface area (Å²) in [5.74, 6) is -0.766. The molecular weight excluding hydrogens is 456 g/mol. The van der Waals surface area contributed by atoms with Gasteiger partial charge in [-0.3, -0.25) is 9.48 Å². The molecule has 1 aromatic carbocycles. The first kappa shape index (κ1) is 23.6. The molecular formula is C21H21F6N3O3. The summed E-state index contributed by atoms with van der Waals surface area (Å²) in [4.78, 5) is 13.4. The number of ether oxygens (including phenoxy) is 1. The fourth-order valence-corrected chi connectivity index (χ4v) is 4.78. The number of carbonyl (C=O) groups excluding carboxylic acids is 1. The molecule has 2 fully saturated rings. The van der Waals surface area contributed by atoms with Gasteiger partial charge in [-0.15, -0.1) is 0 Å². The second-order valence-electron chi connectivity index (χ2n) is 8.72. The fourth-order valence-electron chi connectivity index (χ4n) is 4.78. The Kier molecular flexibility index (Phi) is 5.51. The molecule has 2 aliphatic rings. The Bertz CT molecular complexity index is 1080. The number of aliphatic hydroxyl groups is 1. The summed E-state index contributed by atoms with van der Waals surface area (Å²) in [5.41, 5.74) is -3.73. The minimum atomic E-state index is -4.76. The van der Waals surface area contributed by atoms with Crippen molar-refractivity contribution in [2.75, 3.05) is 5.32 Å². The van der Waals surface area contributed by atoms with E-state index in [1.165, 1.54) is 20.0 Å². The van der Waals surface area contributed by atoms with E-state index < -0.39 is 59.7 Å². The third-order valence-corrected chi connectivity index (χ3v) is 6.20. The second-order valence-corrected chi connectivity index (χ2v) is 8.72. The zero-order valence-electron chi connectivity index (χ0n) is 17.6. The molecule has 0 aliphatic carbocycles. The molecule has 1 aromatic heterocycles. The minimum absolute atomic E-state index is 0.0291. The number of carbonyl (C=O) groups is 1. The quantitative estimate of drug-likeness (QED) is 0.656. The summed E-state index contributed by atoms with van der Waals surface area (Å²) < 4.78 is 86.8. The maximum absolute atomic E-state index is 13.5. The monoisotopic (exact) mass is 477 g/mol. The number of aromatic nitrogens is 2. The highest BCUT2D eigenvalue weighted by Gasteiger charge is 2.60. The van der Waals surface area contributed by atoms with Crippen LogP contribution in [0, 0.1) is 12.3 Å². The van der Waals surface area contributed by atoms with Crippen molar-refractivity contribution < 1.29 is 41.0 Å². The first-order valence-electron chi connectivity index (χ1n) is 10.1. The van der Waals surface area contributed by atoms with Crippen LogP contribution in [0.15, 0.2) is 24.4 Å². The van der Waals surface area contributed by atoms with Crippen LogP contribution < -0.4 is 5.32 Å². The summed E-state index contributed by atoms with van der Waals surface area (Å²) >= 11 is 0. The number of nitrogens with one attached hydrogen (secondary N) is 1. The van der Waals surface area contributed by atoms with Crippen molar-refractivity contribution in [3.8, 4) is 0 Å². The number of alkyl halides is 6. The summed E-state index contributed by atoms with van der Waals surface area (Å²) in [6.07, 6.45) is -11.2. The lowest BCUT2D eigenvalue weighted by Crippen LogP contribution is -2.48. The van der Waals surface area contributed by atoms with Crippen molar-refractivity contribution in [3.63, 3.8) is 0 Å². The lowest BCUT2D eigenvalue weighted by atomic mass is 9.68. The number of aryl methyl sites for hydroxylation is 2. The SMILES string of the molecule is Cc1cc(NC(=O)[C@@]2(Cc3cn(C)nc3C(F)(F)F)C[C@H]3O[C@@H]2C[C@@H]3O)cc(C(F)(F)F)c1. The molecule has 0 unspecified atom stereocenters. The molecule has 3 heterocycles. The van der Waals surface area contributed by atoms with Gasteiger partial charge in [0.1, 0.15) is 0 Å². The number of benzene rings is 1. The Hall–Kier alpha value is -2.60. The van der Waals surface area contributed by atoms with Gasteiger partial charge in [-0.2, -0.15) is 31.4 Å². The molecule has 1 amide bonds. The van der Waals surface area contributed by atoms with E-state index in [4.69, 9.17) is 4.74 Å². The van der Waals surface area contributed by atoms with Crippen LogP contribution in [0.25, 0.3) is 0 Å². The number of hydrogen-bond acceptors (Lipinski definition) is 4. The number of rotatable bonds is 4. The Morgan fingerprint density at radius 2 is 1.94 bits per heavy atom. The molecule has 2 aliphatic heterocycles. The molecule has 4 atom stereocenters. The van der Waals surface area contributed by atoms with E-state index in [-0.39, 0.29) is 29.7 Å². The van der Waals surface area contributed by atoms with Gasteiger partial charge in [0, 0.05) is 30.9 Å². The lowest BCUT2D eigenvalue weighted by Gasteiger charge is -2.35. The van der Waals surface area contributed by atoms with Crippen LogP contribution in [-0.4, -0.2) is 39.1 Å². The molecule has 12 heteroatoms. The van der Waals surface area contributed by atoms with Crippen molar-refractivity contribution in [1.82, 2.24) is 9.78 Å². The standard InChI is InChI=1S/C21H21F6N3O3/c1-10-3-12(20(22,23)24)5-13(4-10)28-18(32)19(8-15-14(31)6-16(19)33-15)7-11-9-30(2)29-17(11)21(25,26)27/h3-5,9,14-16,31H,6-8H2,1-2H3,(H,28,32)/t14-,15+,16+,19-/m0/s1. The van der Waals surface area contributed by atoms with Crippen molar-refractivity contribution in [2.24, 2.45) is 12.5 Å². The average molecular weight is 477 g/mol. The molecule has 180 valence electrons. The van der Waals surface area contributed by atoms with Crippen LogP contribution >= 0.6 is 0 Å². The van der Waals surface area contributed by atoms with Crippen molar-refractivity contribution in [1.29, 1.82) is 0 Å². The first-order valence-corrected chi connectivity index (χ1v) is 10.1. The molecule has 0 radical (unpaired) electrons. The molecule has 6 nitrogen and oxygen atoms in total. The van der Waals surface area contributed by atoms with E-state index in [1.54, 1.807) is 0 Å². The highest BCUT2D eigenvalue weighted by molar-refractivity contribution is 5.96. The lowest BCUT2D eigenvalue weighted by molar-refractivity contribution is -0.143. The fraction of sp³-hybridized carbons (Fsp3) is 0.524. The van der Waals surface area contributed by atoms with Gasteiger partial charge in [-0.05, 0) is 43.5 Å². The molecule has 33 heavy (non-hydrogen) atoms. The number of fused-ring (bicyclic) bond motifs is 2. The van der Waals surface area contributed by atoms with Gasteiger partial charge in [0.15, 0.2) is 5.69 Å². The largest absolute Gasteiger partial charge is 0.435 e. The van der Waals surface area contributed by atoms with E-state index in [0.29, 0.717) is 0 Å². The van der Waals surface area contributed by atoms with Crippen LogP contribution in [0.5, 0.6) is 0 Å².